The number of amides is 1. The molecule has 12 heteroatoms. The van der Waals surface area contributed by atoms with Crippen molar-refractivity contribution in [1.82, 2.24) is 10.2 Å². The first-order valence-electron chi connectivity index (χ1n) is 13.4. The number of ketones is 1. The average Bonchev–Trinajstić information content (AvgIpc) is 3.48. The minimum atomic E-state index is -0.529. The second-order valence-electron chi connectivity index (χ2n) is 9.66. The summed E-state index contributed by atoms with van der Waals surface area (Å²) in [6.07, 6.45) is 2.61. The van der Waals surface area contributed by atoms with Crippen LogP contribution in [0, 0.1) is 11.3 Å². The van der Waals surface area contributed by atoms with Crippen molar-refractivity contribution in [3.63, 3.8) is 0 Å². The van der Waals surface area contributed by atoms with E-state index in [-0.39, 0.29) is 23.3 Å². The van der Waals surface area contributed by atoms with Gasteiger partial charge in [-0.1, -0.05) is 54.3 Å². The Morgan fingerprint density at radius 3 is 2.67 bits per heavy atom. The fraction of sp³-hybridized carbons (Fsp3) is 0.300. The summed E-state index contributed by atoms with van der Waals surface area (Å²) < 4.78 is 11.1. The van der Waals surface area contributed by atoms with Crippen LogP contribution in [0.3, 0.4) is 0 Å². The lowest BCUT2D eigenvalue weighted by atomic mass is 9.75. The highest BCUT2D eigenvalue weighted by Gasteiger charge is 2.41. The maximum atomic E-state index is 13.3. The Kier molecular flexibility index (Phi) is 8.80. The molecule has 5 rings (SSSR count). The van der Waals surface area contributed by atoms with Gasteiger partial charge in [-0.3, -0.25) is 14.5 Å². The standard InChI is InChI=1S/C30H30N6O4S2/c1-4-17-8-10-18(11-9-17)26-20(15-31)28(32)36(22-6-5-7-23(37)27(22)26)29-34-35-30(42-29)41-16-25(38)33-21-14-19(39-2)12-13-24(21)40-3/h8-14,26H,4-7,16,32H2,1-3H3,(H,33,38). The van der Waals surface area contributed by atoms with Crippen molar-refractivity contribution in [3.05, 3.63) is 76.3 Å². The van der Waals surface area contributed by atoms with E-state index in [2.05, 4.69) is 28.5 Å². The molecule has 0 saturated carbocycles. The van der Waals surface area contributed by atoms with Crippen molar-refractivity contribution in [1.29, 1.82) is 5.26 Å². The quantitative estimate of drug-likeness (QED) is 0.316. The topological polar surface area (TPSA) is 143 Å². The third kappa shape index (κ3) is 5.70. The third-order valence-electron chi connectivity index (χ3n) is 7.23. The molecule has 0 fully saturated rings. The molecule has 0 radical (unpaired) electrons. The van der Waals surface area contributed by atoms with Crippen LogP contribution in [0.2, 0.25) is 0 Å². The highest BCUT2D eigenvalue weighted by atomic mass is 32.2. The van der Waals surface area contributed by atoms with Crippen molar-refractivity contribution in [2.45, 2.75) is 42.9 Å². The van der Waals surface area contributed by atoms with E-state index in [1.165, 1.54) is 35.8 Å². The van der Waals surface area contributed by atoms with Crippen molar-refractivity contribution >= 4 is 45.6 Å². The summed E-state index contributed by atoms with van der Waals surface area (Å²) in [5.74, 6) is 0.642. The Morgan fingerprint density at radius 1 is 1.19 bits per heavy atom. The number of nitrogens with one attached hydrogen (secondary N) is 1. The first kappa shape index (κ1) is 29.2. The molecule has 1 atom stereocenters. The number of benzene rings is 2. The minimum Gasteiger partial charge on any atom is -0.497 e. The number of nitriles is 1. The number of rotatable bonds is 9. The number of hydrogen-bond acceptors (Lipinski definition) is 11. The number of Topliss-reactive ketones (excluding diaryl/α,β-unsaturated/α-hetero) is 1. The van der Waals surface area contributed by atoms with E-state index in [9.17, 15) is 14.9 Å². The van der Waals surface area contributed by atoms with Crippen molar-refractivity contribution < 1.29 is 19.1 Å². The lowest BCUT2D eigenvalue weighted by Crippen LogP contribution is -2.38. The summed E-state index contributed by atoms with van der Waals surface area (Å²) >= 11 is 2.47. The zero-order chi connectivity index (χ0) is 29.8. The number of ether oxygens (including phenoxy) is 2. The minimum absolute atomic E-state index is 0.00910. The molecular weight excluding hydrogens is 573 g/mol. The van der Waals surface area contributed by atoms with E-state index in [1.54, 1.807) is 30.2 Å². The van der Waals surface area contributed by atoms with Gasteiger partial charge in [0.2, 0.25) is 11.0 Å². The first-order valence-corrected chi connectivity index (χ1v) is 15.2. The summed E-state index contributed by atoms with van der Waals surface area (Å²) in [5.41, 5.74) is 10.8. The third-order valence-corrected chi connectivity index (χ3v) is 9.27. The molecule has 1 unspecified atom stereocenters. The van der Waals surface area contributed by atoms with Gasteiger partial charge >= 0.3 is 0 Å². The van der Waals surface area contributed by atoms with Crippen LogP contribution in [-0.2, 0) is 16.0 Å². The zero-order valence-corrected chi connectivity index (χ0v) is 25.1. The number of carbonyl (C=O) groups is 2. The number of carbonyl (C=O) groups excluding carboxylic acids is 2. The Labute approximate surface area is 252 Å². The molecule has 3 N–H and O–H groups in total. The second-order valence-corrected chi connectivity index (χ2v) is 11.8. The summed E-state index contributed by atoms with van der Waals surface area (Å²) in [6.45, 7) is 2.08. The lowest BCUT2D eigenvalue weighted by molar-refractivity contribution is -0.116. The Hall–Kier alpha value is -4.34. The van der Waals surface area contributed by atoms with Crippen LogP contribution >= 0.6 is 23.1 Å². The Balaban J connectivity index is 1.39. The lowest BCUT2D eigenvalue weighted by Gasteiger charge is -2.38. The number of nitrogens with two attached hydrogens (primary N) is 1. The zero-order valence-electron chi connectivity index (χ0n) is 23.5. The number of aromatic nitrogens is 2. The molecule has 2 heterocycles. The molecule has 10 nitrogen and oxygen atoms in total. The summed E-state index contributed by atoms with van der Waals surface area (Å²) in [4.78, 5) is 27.8. The van der Waals surface area contributed by atoms with Gasteiger partial charge in [0.25, 0.3) is 0 Å². The van der Waals surface area contributed by atoms with E-state index in [0.717, 1.165) is 17.7 Å². The summed E-state index contributed by atoms with van der Waals surface area (Å²) in [6, 6.07) is 15.4. The van der Waals surface area contributed by atoms with Gasteiger partial charge in [-0.2, -0.15) is 5.26 Å². The average molecular weight is 603 g/mol. The molecule has 2 aromatic carbocycles. The number of aryl methyl sites for hydroxylation is 1. The summed E-state index contributed by atoms with van der Waals surface area (Å²) in [7, 11) is 3.07. The normalized spacial score (nSPS) is 16.7. The van der Waals surface area contributed by atoms with E-state index in [1.807, 2.05) is 24.3 Å². The molecule has 1 aliphatic heterocycles. The molecule has 0 saturated heterocycles. The van der Waals surface area contributed by atoms with Crippen LogP contribution in [0.4, 0.5) is 10.8 Å². The van der Waals surface area contributed by atoms with Gasteiger partial charge in [-0.05, 0) is 42.5 Å². The molecule has 42 heavy (non-hydrogen) atoms. The summed E-state index contributed by atoms with van der Waals surface area (Å²) in [5, 5.41) is 22.1. The fourth-order valence-corrected chi connectivity index (χ4v) is 6.84. The van der Waals surface area contributed by atoms with Gasteiger partial charge < -0.3 is 20.5 Å². The molecule has 216 valence electrons. The molecule has 1 amide bonds. The van der Waals surface area contributed by atoms with Gasteiger partial charge in [-0.25, -0.2) is 0 Å². The van der Waals surface area contributed by atoms with Gasteiger partial charge in [0.1, 0.15) is 17.3 Å². The predicted octanol–water partition coefficient (Wildman–Crippen LogP) is 5.15. The van der Waals surface area contributed by atoms with Gasteiger partial charge in [0, 0.05) is 23.8 Å². The van der Waals surface area contributed by atoms with Crippen LogP contribution in [0.25, 0.3) is 0 Å². The van der Waals surface area contributed by atoms with E-state index in [0.29, 0.717) is 57.1 Å². The van der Waals surface area contributed by atoms with Crippen LogP contribution < -0.4 is 25.4 Å². The number of hydrogen-bond donors (Lipinski definition) is 2. The molecular formula is C30H30N6O4S2. The number of nitrogens with zero attached hydrogens (tertiary/aromatic N) is 4. The van der Waals surface area contributed by atoms with Crippen molar-refractivity contribution in [2.24, 2.45) is 5.73 Å². The Bertz CT molecular complexity index is 1620. The number of anilines is 2. The van der Waals surface area contributed by atoms with Crippen molar-refractivity contribution in [3.8, 4) is 17.6 Å². The SMILES string of the molecule is CCc1ccc(C2C(C#N)=C(N)N(c3nnc(SCC(=O)Nc4cc(OC)ccc4OC)s3)C3=C2C(=O)CCC3)cc1. The molecule has 0 spiro atoms. The highest BCUT2D eigenvalue weighted by molar-refractivity contribution is 8.01. The van der Waals surface area contributed by atoms with Gasteiger partial charge in [-0.15, -0.1) is 10.2 Å². The largest absolute Gasteiger partial charge is 0.497 e. The monoisotopic (exact) mass is 602 g/mol. The van der Waals surface area contributed by atoms with E-state index >= 15 is 0 Å². The van der Waals surface area contributed by atoms with Gasteiger partial charge in [0.05, 0.1) is 43.2 Å². The first-order chi connectivity index (χ1) is 20.4. The molecule has 3 aromatic rings. The maximum absolute atomic E-state index is 13.3. The predicted molar refractivity (Wildman–Crippen MR) is 163 cm³/mol. The number of allylic oxidation sites excluding steroid dienone is 3. The number of thioether (sulfide) groups is 1. The van der Waals surface area contributed by atoms with Gasteiger partial charge in [0.15, 0.2) is 10.1 Å². The van der Waals surface area contributed by atoms with Crippen LogP contribution in [-0.4, -0.2) is 41.9 Å². The maximum Gasteiger partial charge on any atom is 0.234 e. The highest BCUT2D eigenvalue weighted by Crippen LogP contribution is 2.47. The fourth-order valence-electron chi connectivity index (χ4n) is 5.16. The smallest absolute Gasteiger partial charge is 0.234 e. The Morgan fingerprint density at radius 2 is 1.98 bits per heavy atom. The van der Waals surface area contributed by atoms with E-state index < -0.39 is 5.92 Å². The van der Waals surface area contributed by atoms with Crippen molar-refractivity contribution in [2.75, 3.05) is 30.2 Å². The number of methoxy groups -OCH3 is 2. The van der Waals surface area contributed by atoms with Crippen LogP contribution in [0.15, 0.2) is 69.5 Å². The molecule has 2 aliphatic rings. The second kappa shape index (κ2) is 12.7. The van der Waals surface area contributed by atoms with Crippen LogP contribution in [0.1, 0.15) is 43.2 Å². The molecule has 1 aromatic heterocycles. The molecule has 0 bridgehead atoms. The van der Waals surface area contributed by atoms with Crippen LogP contribution in [0.5, 0.6) is 11.5 Å². The van der Waals surface area contributed by atoms with E-state index in [4.69, 9.17) is 15.2 Å². The molecule has 1 aliphatic carbocycles.